The molecule has 2 aromatic rings. The maximum atomic E-state index is 11.2. The third kappa shape index (κ3) is 2.23. The summed E-state index contributed by atoms with van der Waals surface area (Å²) in [5.74, 6) is 0.752. The van der Waals surface area contributed by atoms with Crippen LogP contribution in [0.3, 0.4) is 0 Å². The molecule has 17 heavy (non-hydrogen) atoms. The van der Waals surface area contributed by atoms with Crippen molar-refractivity contribution in [3.63, 3.8) is 0 Å². The van der Waals surface area contributed by atoms with Gasteiger partial charge in [-0.1, -0.05) is 12.1 Å². The minimum Gasteiger partial charge on any atom is -0.464 e. The van der Waals surface area contributed by atoms with Crippen LogP contribution in [0, 0.1) is 13.8 Å². The van der Waals surface area contributed by atoms with E-state index in [0.29, 0.717) is 0 Å². The first-order chi connectivity index (χ1) is 8.09. The minimum absolute atomic E-state index is 0.0622. The third-order valence-electron chi connectivity index (χ3n) is 2.76. The number of anilines is 1. The number of hydrogen-bond donors (Lipinski definition) is 1. The van der Waals surface area contributed by atoms with Gasteiger partial charge in [-0.15, -0.1) is 0 Å². The molecule has 1 aromatic heterocycles. The Morgan fingerprint density at radius 2 is 2.00 bits per heavy atom. The first-order valence-electron chi connectivity index (χ1n) is 5.51. The lowest BCUT2D eigenvalue weighted by Gasteiger charge is -2.13. The molecular weight excluding hydrogens is 214 g/mol. The fourth-order valence-electron chi connectivity index (χ4n) is 1.91. The highest BCUT2D eigenvalue weighted by atomic mass is 16.3. The Balaban J connectivity index is 2.53. The molecule has 88 valence electrons. The van der Waals surface area contributed by atoms with Crippen molar-refractivity contribution >= 4 is 11.6 Å². The van der Waals surface area contributed by atoms with Crippen LogP contribution in [0.15, 0.2) is 34.9 Å². The average molecular weight is 229 g/mol. The van der Waals surface area contributed by atoms with Gasteiger partial charge in [-0.2, -0.15) is 0 Å². The van der Waals surface area contributed by atoms with E-state index in [9.17, 15) is 4.79 Å². The summed E-state index contributed by atoms with van der Waals surface area (Å²) in [6.07, 6.45) is 1.65. The molecule has 0 atom stereocenters. The summed E-state index contributed by atoms with van der Waals surface area (Å²) in [5, 5.41) is 2.86. The van der Waals surface area contributed by atoms with E-state index in [1.165, 1.54) is 6.92 Å². The molecule has 3 nitrogen and oxygen atoms in total. The molecule has 3 heteroatoms. The number of nitrogens with one attached hydrogen (secondary N) is 1. The van der Waals surface area contributed by atoms with Crippen LogP contribution in [0.4, 0.5) is 5.69 Å². The molecule has 0 aliphatic heterocycles. The van der Waals surface area contributed by atoms with E-state index in [2.05, 4.69) is 5.32 Å². The van der Waals surface area contributed by atoms with Crippen LogP contribution in [0.2, 0.25) is 0 Å². The molecule has 1 aromatic carbocycles. The molecule has 0 bridgehead atoms. The highest BCUT2D eigenvalue weighted by Gasteiger charge is 2.11. The van der Waals surface area contributed by atoms with Gasteiger partial charge in [-0.3, -0.25) is 4.79 Å². The molecule has 0 saturated carbocycles. The number of amides is 1. The van der Waals surface area contributed by atoms with E-state index >= 15 is 0 Å². The highest BCUT2D eigenvalue weighted by Crippen LogP contribution is 2.31. The summed E-state index contributed by atoms with van der Waals surface area (Å²) in [4.78, 5) is 11.2. The highest BCUT2D eigenvalue weighted by molar-refractivity contribution is 5.92. The Hall–Kier alpha value is -2.03. The van der Waals surface area contributed by atoms with E-state index in [0.717, 1.165) is 28.1 Å². The van der Waals surface area contributed by atoms with Gasteiger partial charge < -0.3 is 9.73 Å². The van der Waals surface area contributed by atoms with Gasteiger partial charge in [0, 0.05) is 18.2 Å². The van der Waals surface area contributed by atoms with Gasteiger partial charge in [0.15, 0.2) is 0 Å². The number of furan rings is 1. The van der Waals surface area contributed by atoms with Gasteiger partial charge in [-0.05, 0) is 37.1 Å². The van der Waals surface area contributed by atoms with Crippen LogP contribution in [0.25, 0.3) is 11.3 Å². The number of carbonyl (C=O) groups is 1. The Labute approximate surface area is 100 Å². The molecule has 1 N–H and O–H groups in total. The predicted octanol–water partition coefficient (Wildman–Crippen LogP) is 3.52. The zero-order valence-corrected chi connectivity index (χ0v) is 10.2. The fourth-order valence-corrected chi connectivity index (χ4v) is 1.91. The molecule has 2 rings (SSSR count). The number of carbonyl (C=O) groups excluding carboxylic acids is 1. The van der Waals surface area contributed by atoms with Crippen molar-refractivity contribution in [2.45, 2.75) is 20.8 Å². The summed E-state index contributed by atoms with van der Waals surface area (Å²) in [7, 11) is 0. The predicted molar refractivity (Wildman–Crippen MR) is 67.9 cm³/mol. The largest absolute Gasteiger partial charge is 0.464 e. The second-order valence-corrected chi connectivity index (χ2v) is 4.09. The standard InChI is InChI=1S/C14H15NO2/c1-9-6-7-12(13-5-4-8-17-13)10(2)14(9)15-11(3)16/h4-8H,1-3H3,(H,15,16). The Bertz CT molecular complexity index is 542. The fraction of sp³-hybridized carbons (Fsp3) is 0.214. The summed E-state index contributed by atoms with van der Waals surface area (Å²) in [5.41, 5.74) is 3.94. The molecule has 1 amide bonds. The monoisotopic (exact) mass is 229 g/mol. The molecular formula is C14H15NO2. The normalized spacial score (nSPS) is 10.3. The van der Waals surface area contributed by atoms with Crippen LogP contribution in [0.1, 0.15) is 18.1 Å². The van der Waals surface area contributed by atoms with Crippen molar-refractivity contribution in [2.24, 2.45) is 0 Å². The molecule has 0 aliphatic carbocycles. The van der Waals surface area contributed by atoms with Crippen molar-refractivity contribution in [2.75, 3.05) is 5.32 Å². The van der Waals surface area contributed by atoms with E-state index in [1.807, 2.05) is 38.1 Å². The second-order valence-electron chi connectivity index (χ2n) is 4.09. The Morgan fingerprint density at radius 1 is 1.24 bits per heavy atom. The SMILES string of the molecule is CC(=O)Nc1c(C)ccc(-c2ccco2)c1C. The van der Waals surface area contributed by atoms with Crippen molar-refractivity contribution in [3.8, 4) is 11.3 Å². The Morgan fingerprint density at radius 3 is 2.59 bits per heavy atom. The average Bonchev–Trinajstić information content (AvgIpc) is 2.77. The van der Waals surface area contributed by atoms with Gasteiger partial charge in [0.2, 0.25) is 5.91 Å². The summed E-state index contributed by atoms with van der Waals surface area (Å²) < 4.78 is 5.39. The maximum Gasteiger partial charge on any atom is 0.221 e. The molecule has 0 fully saturated rings. The van der Waals surface area contributed by atoms with Crippen molar-refractivity contribution in [1.29, 1.82) is 0 Å². The van der Waals surface area contributed by atoms with E-state index in [4.69, 9.17) is 4.42 Å². The van der Waals surface area contributed by atoms with Gasteiger partial charge in [0.05, 0.1) is 6.26 Å². The molecule has 0 unspecified atom stereocenters. The van der Waals surface area contributed by atoms with Crippen LogP contribution in [-0.2, 0) is 4.79 Å². The van der Waals surface area contributed by atoms with Gasteiger partial charge in [0.25, 0.3) is 0 Å². The molecule has 0 saturated heterocycles. The molecule has 0 spiro atoms. The van der Waals surface area contributed by atoms with Crippen LogP contribution in [-0.4, -0.2) is 5.91 Å². The first-order valence-corrected chi connectivity index (χ1v) is 5.51. The van der Waals surface area contributed by atoms with Crippen molar-refractivity contribution < 1.29 is 9.21 Å². The second kappa shape index (κ2) is 4.45. The van der Waals surface area contributed by atoms with E-state index in [1.54, 1.807) is 6.26 Å². The zero-order chi connectivity index (χ0) is 12.4. The summed E-state index contributed by atoms with van der Waals surface area (Å²) in [6, 6.07) is 7.76. The number of hydrogen-bond acceptors (Lipinski definition) is 2. The Kier molecular flexibility index (Phi) is 3.00. The minimum atomic E-state index is -0.0622. The van der Waals surface area contributed by atoms with Gasteiger partial charge in [0.1, 0.15) is 5.76 Å². The lowest BCUT2D eigenvalue weighted by atomic mass is 10.0. The topological polar surface area (TPSA) is 42.2 Å². The molecule has 0 radical (unpaired) electrons. The number of rotatable bonds is 2. The van der Waals surface area contributed by atoms with E-state index in [-0.39, 0.29) is 5.91 Å². The number of aryl methyl sites for hydroxylation is 1. The van der Waals surface area contributed by atoms with Crippen LogP contribution < -0.4 is 5.32 Å². The van der Waals surface area contributed by atoms with Crippen LogP contribution >= 0.6 is 0 Å². The number of benzene rings is 1. The lowest BCUT2D eigenvalue weighted by molar-refractivity contribution is -0.114. The zero-order valence-electron chi connectivity index (χ0n) is 10.2. The summed E-state index contributed by atoms with van der Waals surface area (Å²) in [6.45, 7) is 5.47. The quantitative estimate of drug-likeness (QED) is 0.856. The van der Waals surface area contributed by atoms with Crippen molar-refractivity contribution in [1.82, 2.24) is 0 Å². The lowest BCUT2D eigenvalue weighted by Crippen LogP contribution is -2.09. The maximum absolute atomic E-state index is 11.2. The first kappa shape index (κ1) is 11.5. The summed E-state index contributed by atoms with van der Waals surface area (Å²) >= 11 is 0. The van der Waals surface area contributed by atoms with Crippen molar-refractivity contribution in [3.05, 3.63) is 41.7 Å². The van der Waals surface area contributed by atoms with Crippen LogP contribution in [0.5, 0.6) is 0 Å². The van der Waals surface area contributed by atoms with Gasteiger partial charge >= 0.3 is 0 Å². The molecule has 1 heterocycles. The smallest absolute Gasteiger partial charge is 0.221 e. The van der Waals surface area contributed by atoms with E-state index < -0.39 is 0 Å². The third-order valence-corrected chi connectivity index (χ3v) is 2.76. The van der Waals surface area contributed by atoms with Gasteiger partial charge in [-0.25, -0.2) is 0 Å². The molecule has 0 aliphatic rings.